The second-order valence-corrected chi connectivity index (χ2v) is 10.1. The van der Waals surface area contributed by atoms with Crippen LogP contribution < -0.4 is 19.5 Å². The van der Waals surface area contributed by atoms with Gasteiger partial charge < -0.3 is 14.2 Å². The standard InChI is InChI=1S/C27H21F2N3O4S2/c1-34-21-10-14(11-22(35-2)24(21)36-3)20-13-17(16-6-4-5-7-18(16)30-20)25(33)32-27-31-19-9-8-15(37-26(28)29)12-23(19)38-27/h4-13,26H,1-3H3,(H,31,32,33). The first kappa shape index (κ1) is 25.7. The van der Waals surface area contributed by atoms with E-state index in [2.05, 4.69) is 10.3 Å². The van der Waals surface area contributed by atoms with Crippen molar-refractivity contribution in [1.82, 2.24) is 9.97 Å². The first-order valence-electron chi connectivity index (χ1n) is 11.3. The summed E-state index contributed by atoms with van der Waals surface area (Å²) in [7, 11) is 4.58. The minimum Gasteiger partial charge on any atom is -0.493 e. The number of carbonyl (C=O) groups excluding carboxylic acids is 1. The van der Waals surface area contributed by atoms with Gasteiger partial charge in [-0.3, -0.25) is 10.1 Å². The molecule has 0 saturated heterocycles. The molecule has 0 radical (unpaired) electrons. The highest BCUT2D eigenvalue weighted by Gasteiger charge is 2.19. The van der Waals surface area contributed by atoms with E-state index in [-0.39, 0.29) is 5.91 Å². The van der Waals surface area contributed by atoms with Gasteiger partial charge in [0.1, 0.15) is 0 Å². The van der Waals surface area contributed by atoms with Crippen LogP contribution in [0.1, 0.15) is 10.4 Å². The number of benzene rings is 3. The Morgan fingerprint density at radius 2 is 1.66 bits per heavy atom. The Balaban J connectivity index is 1.54. The third kappa shape index (κ3) is 5.07. The predicted octanol–water partition coefficient (Wildman–Crippen LogP) is 7.10. The summed E-state index contributed by atoms with van der Waals surface area (Å²) in [4.78, 5) is 23.1. The number of rotatable bonds is 8. The van der Waals surface area contributed by atoms with Crippen LogP contribution >= 0.6 is 23.1 Å². The molecule has 1 N–H and O–H groups in total. The number of nitrogens with zero attached hydrogens (tertiary/aromatic N) is 2. The molecule has 5 aromatic rings. The molecule has 0 aliphatic rings. The van der Waals surface area contributed by atoms with Crippen LogP contribution in [0.15, 0.2) is 65.6 Å². The van der Waals surface area contributed by atoms with Crippen molar-refractivity contribution in [2.75, 3.05) is 26.6 Å². The number of nitrogens with one attached hydrogen (secondary N) is 1. The van der Waals surface area contributed by atoms with Crippen LogP contribution in [0.4, 0.5) is 13.9 Å². The van der Waals surface area contributed by atoms with E-state index < -0.39 is 5.76 Å². The molecular formula is C27H21F2N3O4S2. The van der Waals surface area contributed by atoms with Gasteiger partial charge in [-0.25, -0.2) is 9.97 Å². The number of para-hydroxylation sites is 1. The third-order valence-electron chi connectivity index (χ3n) is 5.73. The Morgan fingerprint density at radius 3 is 2.34 bits per heavy atom. The Labute approximate surface area is 224 Å². The van der Waals surface area contributed by atoms with E-state index in [1.807, 2.05) is 24.3 Å². The topological polar surface area (TPSA) is 82.6 Å². The number of amides is 1. The summed E-state index contributed by atoms with van der Waals surface area (Å²) in [5.74, 6) is -1.52. The third-order valence-corrected chi connectivity index (χ3v) is 7.36. The maximum absolute atomic E-state index is 13.5. The first-order valence-corrected chi connectivity index (χ1v) is 13.0. The lowest BCUT2D eigenvalue weighted by molar-refractivity contribution is 0.102. The number of anilines is 1. The van der Waals surface area contributed by atoms with Crippen LogP contribution in [0.3, 0.4) is 0 Å². The van der Waals surface area contributed by atoms with Gasteiger partial charge >= 0.3 is 0 Å². The number of aromatic nitrogens is 2. The largest absolute Gasteiger partial charge is 0.493 e. The van der Waals surface area contributed by atoms with Crippen molar-refractivity contribution in [3.05, 3.63) is 66.2 Å². The SMILES string of the molecule is COc1cc(-c2cc(C(=O)Nc3nc4ccc(SC(F)F)cc4s3)c3ccccc3n2)cc(OC)c1OC. The van der Waals surface area contributed by atoms with Gasteiger partial charge in [0.15, 0.2) is 16.6 Å². The number of ether oxygens (including phenoxy) is 3. The van der Waals surface area contributed by atoms with E-state index >= 15 is 0 Å². The first-order chi connectivity index (χ1) is 18.4. The summed E-state index contributed by atoms with van der Waals surface area (Å²) in [5.41, 5.74) is 2.84. The van der Waals surface area contributed by atoms with Crippen molar-refractivity contribution in [3.63, 3.8) is 0 Å². The molecular weight excluding hydrogens is 532 g/mol. The number of thiazole rings is 1. The van der Waals surface area contributed by atoms with Crippen molar-refractivity contribution in [1.29, 1.82) is 0 Å². The van der Waals surface area contributed by atoms with Gasteiger partial charge in [-0.2, -0.15) is 8.78 Å². The minimum absolute atomic E-state index is 0.361. The quantitative estimate of drug-likeness (QED) is 0.205. The summed E-state index contributed by atoms with van der Waals surface area (Å²) >= 11 is 1.68. The number of hydrogen-bond acceptors (Lipinski definition) is 8. The molecule has 11 heteroatoms. The predicted molar refractivity (Wildman–Crippen MR) is 146 cm³/mol. The maximum Gasteiger partial charge on any atom is 0.288 e. The van der Waals surface area contributed by atoms with E-state index in [9.17, 15) is 13.6 Å². The van der Waals surface area contributed by atoms with Crippen LogP contribution in [0.2, 0.25) is 0 Å². The molecule has 5 rings (SSSR count). The average molecular weight is 554 g/mol. The molecule has 3 aromatic carbocycles. The normalized spacial score (nSPS) is 11.2. The lowest BCUT2D eigenvalue weighted by Gasteiger charge is -2.15. The Hall–Kier alpha value is -3.96. The van der Waals surface area contributed by atoms with Crippen molar-refractivity contribution in [3.8, 4) is 28.5 Å². The minimum atomic E-state index is -2.51. The molecule has 0 aliphatic heterocycles. The van der Waals surface area contributed by atoms with E-state index in [0.29, 0.717) is 77.0 Å². The van der Waals surface area contributed by atoms with Crippen LogP contribution in [0, 0.1) is 0 Å². The molecule has 0 bridgehead atoms. The van der Waals surface area contributed by atoms with E-state index in [1.165, 1.54) is 32.7 Å². The van der Waals surface area contributed by atoms with E-state index in [1.54, 1.807) is 36.4 Å². The summed E-state index contributed by atoms with van der Waals surface area (Å²) in [6.45, 7) is 0. The molecule has 7 nitrogen and oxygen atoms in total. The lowest BCUT2D eigenvalue weighted by Crippen LogP contribution is -2.13. The van der Waals surface area contributed by atoms with Gasteiger partial charge in [0.25, 0.3) is 11.7 Å². The van der Waals surface area contributed by atoms with Gasteiger partial charge in [-0.1, -0.05) is 41.3 Å². The van der Waals surface area contributed by atoms with E-state index in [0.717, 1.165) is 0 Å². The Morgan fingerprint density at radius 1 is 0.921 bits per heavy atom. The number of alkyl halides is 2. The van der Waals surface area contributed by atoms with Gasteiger partial charge in [0.05, 0.1) is 48.3 Å². The number of thioether (sulfide) groups is 1. The molecule has 194 valence electrons. The number of halogens is 2. The van der Waals surface area contributed by atoms with E-state index in [4.69, 9.17) is 19.2 Å². The molecule has 38 heavy (non-hydrogen) atoms. The van der Waals surface area contributed by atoms with Crippen LogP contribution in [-0.2, 0) is 0 Å². The Kier molecular flexibility index (Phi) is 7.30. The van der Waals surface area contributed by atoms with Crippen LogP contribution in [0.25, 0.3) is 32.4 Å². The van der Waals surface area contributed by atoms with Crippen molar-refractivity contribution < 1.29 is 27.8 Å². The fraction of sp³-hybridized carbons (Fsp3) is 0.148. The molecule has 0 saturated carbocycles. The van der Waals surface area contributed by atoms with Crippen molar-refractivity contribution >= 4 is 55.3 Å². The van der Waals surface area contributed by atoms with Crippen molar-refractivity contribution in [2.24, 2.45) is 0 Å². The fourth-order valence-electron chi connectivity index (χ4n) is 4.04. The summed E-state index contributed by atoms with van der Waals surface area (Å²) in [6.07, 6.45) is 0. The molecule has 0 aliphatic carbocycles. The van der Waals surface area contributed by atoms with Gasteiger partial charge in [-0.15, -0.1) is 0 Å². The molecule has 2 aromatic heterocycles. The van der Waals surface area contributed by atoms with Gasteiger partial charge in [-0.05, 0) is 42.5 Å². The van der Waals surface area contributed by atoms with Crippen LogP contribution in [0.5, 0.6) is 17.2 Å². The maximum atomic E-state index is 13.5. The molecule has 2 heterocycles. The number of hydrogen-bond donors (Lipinski definition) is 1. The lowest BCUT2D eigenvalue weighted by atomic mass is 10.0. The number of pyridine rings is 1. The Bertz CT molecular complexity index is 1630. The van der Waals surface area contributed by atoms with Crippen LogP contribution in [-0.4, -0.2) is 43.0 Å². The summed E-state index contributed by atoms with van der Waals surface area (Å²) < 4.78 is 42.6. The van der Waals surface area contributed by atoms with Gasteiger partial charge in [0, 0.05) is 15.8 Å². The average Bonchev–Trinajstić information content (AvgIpc) is 3.32. The summed E-state index contributed by atoms with van der Waals surface area (Å²) in [6, 6.07) is 17.5. The zero-order chi connectivity index (χ0) is 26.8. The highest BCUT2D eigenvalue weighted by Crippen LogP contribution is 2.41. The second-order valence-electron chi connectivity index (χ2n) is 7.97. The second kappa shape index (κ2) is 10.8. The number of fused-ring (bicyclic) bond motifs is 2. The molecule has 0 atom stereocenters. The van der Waals surface area contributed by atoms with Gasteiger partial charge in [0.2, 0.25) is 5.75 Å². The number of carbonyl (C=O) groups is 1. The molecule has 0 unspecified atom stereocenters. The zero-order valence-corrected chi connectivity index (χ0v) is 22.1. The highest BCUT2D eigenvalue weighted by molar-refractivity contribution is 7.99. The smallest absolute Gasteiger partial charge is 0.288 e. The monoisotopic (exact) mass is 553 g/mol. The molecule has 0 fully saturated rings. The van der Waals surface area contributed by atoms with Crippen molar-refractivity contribution in [2.45, 2.75) is 10.7 Å². The fourth-order valence-corrected chi connectivity index (χ4v) is 5.55. The zero-order valence-electron chi connectivity index (χ0n) is 20.5. The molecule has 1 amide bonds. The number of methoxy groups -OCH3 is 3. The molecule has 0 spiro atoms. The summed E-state index contributed by atoms with van der Waals surface area (Å²) in [5, 5.41) is 3.88. The highest BCUT2D eigenvalue weighted by atomic mass is 32.2.